The van der Waals surface area contributed by atoms with Gasteiger partial charge in [-0.05, 0) is 51.1 Å². The molecule has 146 valence electrons. The van der Waals surface area contributed by atoms with Crippen LogP contribution in [0.2, 0.25) is 0 Å². The first-order chi connectivity index (χ1) is 13.4. The molecule has 0 radical (unpaired) electrons. The van der Waals surface area contributed by atoms with Gasteiger partial charge in [-0.25, -0.2) is 9.97 Å². The second-order valence-corrected chi connectivity index (χ2v) is 8.44. The first kappa shape index (κ1) is 18.8. The van der Waals surface area contributed by atoms with Gasteiger partial charge in [-0.1, -0.05) is 12.1 Å². The van der Waals surface area contributed by atoms with Gasteiger partial charge >= 0.3 is 0 Å². The molecule has 0 atom stereocenters. The Bertz CT molecular complexity index is 1040. The molecule has 0 unspecified atom stereocenters. The summed E-state index contributed by atoms with van der Waals surface area (Å²) in [6, 6.07) is 7.84. The summed E-state index contributed by atoms with van der Waals surface area (Å²) in [5.74, 6) is 1.61. The number of carbonyl (C=O) groups excluding carboxylic acids is 1. The summed E-state index contributed by atoms with van der Waals surface area (Å²) in [6.07, 6.45) is 0. The maximum absolute atomic E-state index is 13.0. The van der Waals surface area contributed by atoms with Crippen molar-refractivity contribution in [2.45, 2.75) is 20.8 Å². The fourth-order valence-corrected chi connectivity index (χ4v) is 4.71. The Hall–Kier alpha value is -2.51. The molecule has 0 spiro atoms. The maximum Gasteiger partial charge on any atom is 0.266 e. The van der Waals surface area contributed by atoms with Crippen LogP contribution in [0.3, 0.4) is 0 Å². The van der Waals surface area contributed by atoms with E-state index >= 15 is 0 Å². The average Bonchev–Trinajstić information content (AvgIpc) is 2.98. The zero-order valence-electron chi connectivity index (χ0n) is 16.7. The highest BCUT2D eigenvalue weighted by atomic mass is 32.1. The number of hydrogen-bond acceptors (Lipinski definition) is 6. The largest absolute Gasteiger partial charge is 0.353 e. The predicted octanol–water partition coefficient (Wildman–Crippen LogP) is 3.62. The minimum atomic E-state index is -0.0897. The van der Waals surface area contributed by atoms with Crippen molar-refractivity contribution in [1.82, 2.24) is 14.9 Å². The zero-order chi connectivity index (χ0) is 19.8. The fraction of sp³-hybridized carbons (Fsp3) is 0.381. The molecule has 0 aliphatic carbocycles. The van der Waals surface area contributed by atoms with Crippen molar-refractivity contribution < 1.29 is 4.79 Å². The third-order valence-electron chi connectivity index (χ3n) is 5.17. The van der Waals surface area contributed by atoms with Crippen molar-refractivity contribution in [2.24, 2.45) is 0 Å². The minimum absolute atomic E-state index is 0.0897. The monoisotopic (exact) mass is 395 g/mol. The van der Waals surface area contributed by atoms with E-state index in [4.69, 9.17) is 4.98 Å². The summed E-state index contributed by atoms with van der Waals surface area (Å²) in [5.41, 5.74) is 2.88. The standard InChI is InChI=1S/C21H25N5OS/c1-13-6-5-7-16(12-13)24-20(27)18-14(2)17-19(22-15(3)23-21(17)28-18)26-10-8-25(4)9-11-26/h5-7,12H,8-11H2,1-4H3,(H,24,27). The Morgan fingerprint density at radius 3 is 2.57 bits per heavy atom. The van der Waals surface area contributed by atoms with Gasteiger partial charge in [0.05, 0.1) is 10.3 Å². The lowest BCUT2D eigenvalue weighted by Gasteiger charge is -2.33. The van der Waals surface area contributed by atoms with Crippen molar-refractivity contribution in [3.8, 4) is 0 Å². The Kier molecular flexibility index (Phi) is 5.03. The van der Waals surface area contributed by atoms with E-state index in [1.54, 1.807) is 0 Å². The van der Waals surface area contributed by atoms with Crippen LogP contribution in [0.25, 0.3) is 10.2 Å². The molecule has 0 bridgehead atoms. The molecule has 1 aliphatic heterocycles. The van der Waals surface area contributed by atoms with Gasteiger partial charge in [0.25, 0.3) is 5.91 Å². The highest BCUT2D eigenvalue weighted by molar-refractivity contribution is 7.20. The lowest BCUT2D eigenvalue weighted by molar-refractivity contribution is 0.103. The number of benzene rings is 1. The number of thiophene rings is 1. The number of rotatable bonds is 3. The van der Waals surface area contributed by atoms with Gasteiger partial charge in [0, 0.05) is 31.9 Å². The molecule has 1 N–H and O–H groups in total. The number of nitrogens with zero attached hydrogens (tertiary/aromatic N) is 4. The molecule has 4 rings (SSSR count). The second-order valence-electron chi connectivity index (χ2n) is 7.44. The Balaban J connectivity index is 1.72. The van der Waals surface area contributed by atoms with Crippen molar-refractivity contribution in [3.63, 3.8) is 0 Å². The quantitative estimate of drug-likeness (QED) is 0.734. The van der Waals surface area contributed by atoms with E-state index in [0.717, 1.165) is 64.9 Å². The zero-order valence-corrected chi connectivity index (χ0v) is 17.6. The van der Waals surface area contributed by atoms with Crippen LogP contribution in [0.15, 0.2) is 24.3 Å². The smallest absolute Gasteiger partial charge is 0.266 e. The van der Waals surface area contributed by atoms with Gasteiger partial charge < -0.3 is 15.1 Å². The van der Waals surface area contributed by atoms with Gasteiger partial charge in [0.15, 0.2) is 0 Å². The molecule has 2 aromatic heterocycles. The van der Waals surface area contributed by atoms with Crippen molar-refractivity contribution in [1.29, 1.82) is 0 Å². The van der Waals surface area contributed by atoms with Gasteiger partial charge in [0.1, 0.15) is 16.5 Å². The number of aryl methyl sites for hydroxylation is 3. The Labute approximate surface area is 169 Å². The maximum atomic E-state index is 13.0. The molecule has 28 heavy (non-hydrogen) atoms. The summed E-state index contributed by atoms with van der Waals surface area (Å²) in [5, 5.41) is 4.03. The van der Waals surface area contributed by atoms with Gasteiger partial charge in [-0.3, -0.25) is 4.79 Å². The molecular formula is C21H25N5OS. The molecule has 1 aromatic carbocycles. The third kappa shape index (κ3) is 3.59. The van der Waals surface area contributed by atoms with Gasteiger partial charge in [-0.15, -0.1) is 11.3 Å². The number of likely N-dealkylation sites (N-methyl/N-ethyl adjacent to an activating group) is 1. The van der Waals surface area contributed by atoms with E-state index in [9.17, 15) is 4.79 Å². The predicted molar refractivity (Wildman–Crippen MR) is 116 cm³/mol. The third-order valence-corrected chi connectivity index (χ3v) is 6.35. The minimum Gasteiger partial charge on any atom is -0.353 e. The molecule has 3 heterocycles. The number of piperazine rings is 1. The van der Waals surface area contributed by atoms with E-state index in [1.165, 1.54) is 11.3 Å². The first-order valence-electron chi connectivity index (χ1n) is 9.51. The normalized spacial score (nSPS) is 15.2. The SMILES string of the molecule is Cc1cccc(NC(=O)c2sc3nc(C)nc(N4CCN(C)CC4)c3c2C)c1. The van der Waals surface area contributed by atoms with E-state index < -0.39 is 0 Å². The number of anilines is 2. The van der Waals surface area contributed by atoms with Gasteiger partial charge in [-0.2, -0.15) is 0 Å². The summed E-state index contributed by atoms with van der Waals surface area (Å²) in [6.45, 7) is 9.82. The molecule has 1 amide bonds. The van der Waals surface area contributed by atoms with Crippen molar-refractivity contribution in [2.75, 3.05) is 43.4 Å². The molecular weight excluding hydrogens is 370 g/mol. The molecule has 3 aromatic rings. The van der Waals surface area contributed by atoms with Crippen LogP contribution in [0, 0.1) is 20.8 Å². The van der Waals surface area contributed by atoms with E-state index in [1.807, 2.05) is 45.0 Å². The van der Waals surface area contributed by atoms with Crippen LogP contribution in [0.1, 0.15) is 26.6 Å². The van der Waals surface area contributed by atoms with Crippen LogP contribution >= 0.6 is 11.3 Å². The number of nitrogens with one attached hydrogen (secondary N) is 1. The Morgan fingerprint density at radius 2 is 1.86 bits per heavy atom. The van der Waals surface area contributed by atoms with Gasteiger partial charge in [0.2, 0.25) is 0 Å². The average molecular weight is 396 g/mol. The van der Waals surface area contributed by atoms with Crippen molar-refractivity contribution >= 4 is 39.0 Å². The van der Waals surface area contributed by atoms with Crippen molar-refractivity contribution in [3.05, 3.63) is 46.1 Å². The first-order valence-corrected chi connectivity index (χ1v) is 10.3. The topological polar surface area (TPSA) is 61.4 Å². The number of carbonyl (C=O) groups is 1. The van der Waals surface area contributed by atoms with E-state index in [0.29, 0.717) is 4.88 Å². The lowest BCUT2D eigenvalue weighted by Crippen LogP contribution is -2.45. The second kappa shape index (κ2) is 7.48. The summed E-state index contributed by atoms with van der Waals surface area (Å²) in [4.78, 5) is 28.6. The highest BCUT2D eigenvalue weighted by Gasteiger charge is 2.24. The van der Waals surface area contributed by atoms with Crippen LogP contribution in [-0.4, -0.2) is 54.0 Å². The Morgan fingerprint density at radius 1 is 1.11 bits per heavy atom. The van der Waals surface area contributed by atoms with Crippen LogP contribution in [-0.2, 0) is 0 Å². The lowest BCUT2D eigenvalue weighted by atomic mass is 10.1. The van der Waals surface area contributed by atoms with Crippen LogP contribution < -0.4 is 10.2 Å². The fourth-order valence-electron chi connectivity index (χ4n) is 3.60. The summed E-state index contributed by atoms with van der Waals surface area (Å²) in [7, 11) is 2.14. The molecule has 6 nitrogen and oxygen atoms in total. The number of hydrogen-bond donors (Lipinski definition) is 1. The highest BCUT2D eigenvalue weighted by Crippen LogP contribution is 2.36. The number of aromatic nitrogens is 2. The van der Waals surface area contributed by atoms with Crippen LogP contribution in [0.5, 0.6) is 0 Å². The van der Waals surface area contributed by atoms with E-state index in [-0.39, 0.29) is 5.91 Å². The summed E-state index contributed by atoms with van der Waals surface area (Å²) < 4.78 is 0. The summed E-state index contributed by atoms with van der Waals surface area (Å²) >= 11 is 1.45. The molecule has 0 saturated carbocycles. The molecule has 1 saturated heterocycles. The van der Waals surface area contributed by atoms with E-state index in [2.05, 4.69) is 27.1 Å². The molecule has 1 aliphatic rings. The molecule has 1 fully saturated rings. The van der Waals surface area contributed by atoms with Crippen LogP contribution in [0.4, 0.5) is 11.5 Å². The molecule has 7 heteroatoms. The number of fused-ring (bicyclic) bond motifs is 1. The number of amides is 1.